The molecule has 2 aromatic rings. The van der Waals surface area contributed by atoms with E-state index in [1.165, 1.54) is 29.5 Å². The van der Waals surface area contributed by atoms with Crippen molar-refractivity contribution in [3.63, 3.8) is 0 Å². The molecule has 0 radical (unpaired) electrons. The van der Waals surface area contributed by atoms with Crippen LogP contribution < -0.4 is 9.64 Å². The standard InChI is InChI=1S/C18H23N3O/c1-12-9-14(10-13(2)17(12)22-4)11-21(3)16-7-8-19-18(20-16)15-5-6-15/h7-10,15H,5-6,11H2,1-4H3. The first-order valence-corrected chi connectivity index (χ1v) is 7.76. The molecule has 0 saturated heterocycles. The van der Waals surface area contributed by atoms with Gasteiger partial charge in [-0.15, -0.1) is 0 Å². The summed E-state index contributed by atoms with van der Waals surface area (Å²) in [5, 5.41) is 0. The van der Waals surface area contributed by atoms with Gasteiger partial charge in [0.2, 0.25) is 0 Å². The summed E-state index contributed by atoms with van der Waals surface area (Å²) in [4.78, 5) is 11.3. The number of hydrogen-bond donors (Lipinski definition) is 0. The molecule has 1 heterocycles. The Balaban J connectivity index is 1.79. The van der Waals surface area contributed by atoms with Crippen LogP contribution in [0.5, 0.6) is 5.75 Å². The molecule has 0 spiro atoms. The van der Waals surface area contributed by atoms with Crippen molar-refractivity contribution in [2.75, 3.05) is 19.1 Å². The number of aromatic nitrogens is 2. The topological polar surface area (TPSA) is 38.2 Å². The molecule has 116 valence electrons. The molecule has 1 aromatic carbocycles. The van der Waals surface area contributed by atoms with Gasteiger partial charge in [0.15, 0.2) is 0 Å². The van der Waals surface area contributed by atoms with Gasteiger partial charge in [0.05, 0.1) is 7.11 Å². The minimum absolute atomic E-state index is 0.582. The first kappa shape index (κ1) is 14.8. The Bertz CT molecular complexity index is 657. The van der Waals surface area contributed by atoms with E-state index in [0.717, 1.165) is 23.9 Å². The van der Waals surface area contributed by atoms with Crippen molar-refractivity contribution >= 4 is 5.82 Å². The molecule has 1 aliphatic carbocycles. The molecule has 0 N–H and O–H groups in total. The summed E-state index contributed by atoms with van der Waals surface area (Å²) in [5.41, 5.74) is 3.62. The summed E-state index contributed by atoms with van der Waals surface area (Å²) in [6.45, 7) is 5.00. The van der Waals surface area contributed by atoms with Gasteiger partial charge >= 0.3 is 0 Å². The van der Waals surface area contributed by atoms with Gasteiger partial charge in [-0.2, -0.15) is 0 Å². The van der Waals surface area contributed by atoms with Gasteiger partial charge in [-0.1, -0.05) is 12.1 Å². The van der Waals surface area contributed by atoms with Gasteiger partial charge in [-0.3, -0.25) is 0 Å². The highest BCUT2D eigenvalue weighted by Gasteiger charge is 2.26. The molecule has 4 heteroatoms. The maximum Gasteiger partial charge on any atom is 0.133 e. The minimum atomic E-state index is 0.582. The molecule has 22 heavy (non-hydrogen) atoms. The van der Waals surface area contributed by atoms with Crippen LogP contribution in [0.4, 0.5) is 5.82 Å². The fraction of sp³-hybridized carbons (Fsp3) is 0.444. The van der Waals surface area contributed by atoms with Crippen molar-refractivity contribution in [2.45, 2.75) is 39.2 Å². The Kier molecular flexibility index (Phi) is 4.01. The predicted octanol–water partition coefficient (Wildman–Crippen LogP) is 3.62. The largest absolute Gasteiger partial charge is 0.496 e. The fourth-order valence-electron chi connectivity index (χ4n) is 2.92. The van der Waals surface area contributed by atoms with E-state index in [1.54, 1.807) is 7.11 Å². The van der Waals surface area contributed by atoms with Crippen molar-refractivity contribution in [2.24, 2.45) is 0 Å². The maximum absolute atomic E-state index is 5.44. The van der Waals surface area contributed by atoms with Crippen molar-refractivity contribution in [3.8, 4) is 5.75 Å². The van der Waals surface area contributed by atoms with Crippen molar-refractivity contribution in [3.05, 3.63) is 46.9 Å². The molecule has 1 aliphatic rings. The maximum atomic E-state index is 5.44. The monoisotopic (exact) mass is 297 g/mol. The second kappa shape index (κ2) is 5.95. The molecule has 0 aliphatic heterocycles. The number of ether oxygens (including phenoxy) is 1. The molecule has 1 aromatic heterocycles. The number of rotatable bonds is 5. The number of methoxy groups -OCH3 is 1. The van der Waals surface area contributed by atoms with Gasteiger partial charge in [0, 0.05) is 25.7 Å². The molecule has 0 atom stereocenters. The van der Waals surface area contributed by atoms with Gasteiger partial charge in [0.1, 0.15) is 17.4 Å². The summed E-state index contributed by atoms with van der Waals surface area (Å²) < 4.78 is 5.44. The number of nitrogens with zero attached hydrogens (tertiary/aromatic N) is 3. The summed E-state index contributed by atoms with van der Waals surface area (Å²) in [6.07, 6.45) is 4.32. The summed E-state index contributed by atoms with van der Waals surface area (Å²) in [5.74, 6) is 3.54. The van der Waals surface area contributed by atoms with E-state index in [4.69, 9.17) is 9.72 Å². The third kappa shape index (κ3) is 3.06. The van der Waals surface area contributed by atoms with Gasteiger partial charge < -0.3 is 9.64 Å². The van der Waals surface area contributed by atoms with E-state index in [2.05, 4.69) is 42.9 Å². The van der Waals surface area contributed by atoms with E-state index >= 15 is 0 Å². The van der Waals surface area contributed by atoms with Crippen LogP contribution in [0.2, 0.25) is 0 Å². The van der Waals surface area contributed by atoms with Gasteiger partial charge in [-0.25, -0.2) is 9.97 Å². The van der Waals surface area contributed by atoms with Crippen molar-refractivity contribution in [1.29, 1.82) is 0 Å². The Morgan fingerprint density at radius 3 is 2.50 bits per heavy atom. The highest BCUT2D eigenvalue weighted by molar-refractivity contribution is 5.45. The normalized spacial score (nSPS) is 14.0. The van der Waals surface area contributed by atoms with E-state index < -0.39 is 0 Å². The number of hydrogen-bond acceptors (Lipinski definition) is 4. The number of aryl methyl sites for hydroxylation is 2. The average molecular weight is 297 g/mol. The average Bonchev–Trinajstić information content (AvgIpc) is 3.32. The Labute approximate surface area is 132 Å². The molecule has 3 rings (SSSR count). The van der Waals surface area contributed by atoms with Crippen LogP contribution in [0.1, 0.15) is 41.3 Å². The third-order valence-corrected chi connectivity index (χ3v) is 4.14. The molecule has 4 nitrogen and oxygen atoms in total. The lowest BCUT2D eigenvalue weighted by Gasteiger charge is -2.20. The number of benzene rings is 1. The van der Waals surface area contributed by atoms with E-state index in [0.29, 0.717) is 5.92 Å². The van der Waals surface area contributed by atoms with E-state index in [9.17, 15) is 0 Å². The summed E-state index contributed by atoms with van der Waals surface area (Å²) in [7, 11) is 3.80. The van der Waals surface area contributed by atoms with Crippen LogP contribution in [-0.2, 0) is 6.54 Å². The van der Waals surface area contributed by atoms with E-state index in [-0.39, 0.29) is 0 Å². The van der Waals surface area contributed by atoms with Crippen LogP contribution in [0.3, 0.4) is 0 Å². The zero-order valence-electron chi connectivity index (χ0n) is 13.8. The first-order valence-electron chi connectivity index (χ1n) is 7.76. The Morgan fingerprint density at radius 1 is 1.23 bits per heavy atom. The highest BCUT2D eigenvalue weighted by atomic mass is 16.5. The smallest absolute Gasteiger partial charge is 0.133 e. The van der Waals surface area contributed by atoms with Crippen LogP contribution in [0.25, 0.3) is 0 Å². The molecular formula is C18H23N3O. The Morgan fingerprint density at radius 2 is 1.91 bits per heavy atom. The Hall–Kier alpha value is -2.10. The lowest BCUT2D eigenvalue weighted by atomic mass is 10.1. The molecular weight excluding hydrogens is 274 g/mol. The van der Waals surface area contributed by atoms with Crippen LogP contribution in [0.15, 0.2) is 24.4 Å². The molecule has 0 unspecified atom stereocenters. The second-order valence-electron chi connectivity index (χ2n) is 6.17. The third-order valence-electron chi connectivity index (χ3n) is 4.14. The zero-order chi connectivity index (χ0) is 15.7. The summed E-state index contributed by atoms with van der Waals surface area (Å²) >= 11 is 0. The van der Waals surface area contributed by atoms with Crippen molar-refractivity contribution in [1.82, 2.24) is 9.97 Å². The molecule has 1 fully saturated rings. The minimum Gasteiger partial charge on any atom is -0.496 e. The second-order valence-corrected chi connectivity index (χ2v) is 6.17. The van der Waals surface area contributed by atoms with Crippen LogP contribution >= 0.6 is 0 Å². The molecule has 1 saturated carbocycles. The fourth-order valence-corrected chi connectivity index (χ4v) is 2.92. The first-order chi connectivity index (χ1) is 10.6. The lowest BCUT2D eigenvalue weighted by Crippen LogP contribution is -2.18. The lowest BCUT2D eigenvalue weighted by molar-refractivity contribution is 0.408. The SMILES string of the molecule is COc1c(C)cc(CN(C)c2ccnc(C3CC3)n2)cc1C. The molecule has 0 bridgehead atoms. The van der Waals surface area contributed by atoms with Crippen LogP contribution in [0, 0.1) is 13.8 Å². The van der Waals surface area contributed by atoms with E-state index in [1.807, 2.05) is 12.3 Å². The van der Waals surface area contributed by atoms with Gasteiger partial charge in [-0.05, 0) is 49.4 Å². The zero-order valence-corrected chi connectivity index (χ0v) is 13.8. The summed E-state index contributed by atoms with van der Waals surface area (Å²) in [6, 6.07) is 6.35. The number of anilines is 1. The van der Waals surface area contributed by atoms with Gasteiger partial charge in [0.25, 0.3) is 0 Å². The molecule has 0 amide bonds. The highest BCUT2D eigenvalue weighted by Crippen LogP contribution is 2.38. The quantitative estimate of drug-likeness (QED) is 0.845. The van der Waals surface area contributed by atoms with Crippen molar-refractivity contribution < 1.29 is 4.74 Å². The van der Waals surface area contributed by atoms with Crippen LogP contribution in [-0.4, -0.2) is 24.1 Å². The predicted molar refractivity (Wildman–Crippen MR) is 88.6 cm³/mol.